The molecule has 2 saturated carbocycles. The van der Waals surface area contributed by atoms with Gasteiger partial charge in [-0.15, -0.1) is 0 Å². The molecule has 0 aliphatic heterocycles. The number of rotatable bonds is 5. The predicted octanol–water partition coefficient (Wildman–Crippen LogP) is 2.04. The average molecular weight is 245 g/mol. The second-order valence-electron chi connectivity index (χ2n) is 5.50. The first-order valence-electron chi connectivity index (χ1n) is 6.65. The largest absolute Gasteiger partial charge is 0.373 e. The van der Waals surface area contributed by atoms with Crippen molar-refractivity contribution in [2.24, 2.45) is 11.3 Å². The smallest absolute Gasteiger partial charge is 0.252 e. The topological polar surface area (TPSA) is 54.0 Å². The minimum atomic E-state index is -0.00271. The Morgan fingerprint density at radius 1 is 1.44 bits per heavy atom. The maximum atomic E-state index is 12.0. The van der Waals surface area contributed by atoms with Crippen molar-refractivity contribution in [3.05, 3.63) is 23.9 Å². The molecule has 2 N–H and O–H groups in total. The van der Waals surface area contributed by atoms with Gasteiger partial charge in [0.05, 0.1) is 5.56 Å². The van der Waals surface area contributed by atoms with Gasteiger partial charge in [0.2, 0.25) is 0 Å². The van der Waals surface area contributed by atoms with E-state index >= 15 is 0 Å². The van der Waals surface area contributed by atoms with Gasteiger partial charge in [0.1, 0.15) is 5.82 Å². The molecular weight excluding hydrogens is 226 g/mol. The van der Waals surface area contributed by atoms with Crippen molar-refractivity contribution < 1.29 is 4.79 Å². The predicted molar refractivity (Wildman–Crippen MR) is 70.5 cm³/mol. The zero-order valence-electron chi connectivity index (χ0n) is 10.7. The summed E-state index contributed by atoms with van der Waals surface area (Å²) in [5.41, 5.74) is 1.09. The van der Waals surface area contributed by atoms with E-state index in [1.165, 1.54) is 25.7 Å². The Hall–Kier alpha value is -1.58. The number of nitrogens with zero attached hydrogens (tertiary/aromatic N) is 1. The van der Waals surface area contributed by atoms with Crippen LogP contribution in [0.1, 0.15) is 36.0 Å². The van der Waals surface area contributed by atoms with Gasteiger partial charge in [0, 0.05) is 19.8 Å². The summed E-state index contributed by atoms with van der Waals surface area (Å²) in [6.45, 7) is 0.838. The lowest BCUT2D eigenvalue weighted by atomic mass is 10.0. The third-order valence-corrected chi connectivity index (χ3v) is 4.22. The summed E-state index contributed by atoms with van der Waals surface area (Å²) >= 11 is 0. The zero-order chi connectivity index (χ0) is 12.6. The standard InChI is InChI=1S/C14H19N3O/c1-15-12-5-2-10(8-16-12)13(18)17-9-14(6-7-14)11-3-4-11/h2,5,8,11H,3-4,6-7,9H2,1H3,(H,15,16)(H,17,18). The molecule has 0 atom stereocenters. The van der Waals surface area contributed by atoms with Crippen LogP contribution in [0.3, 0.4) is 0 Å². The normalized spacial score (nSPS) is 20.3. The van der Waals surface area contributed by atoms with Crippen LogP contribution in [-0.4, -0.2) is 24.5 Å². The molecule has 0 spiro atoms. The summed E-state index contributed by atoms with van der Waals surface area (Å²) in [6.07, 6.45) is 6.91. The van der Waals surface area contributed by atoms with Gasteiger partial charge in [-0.05, 0) is 49.1 Å². The highest BCUT2D eigenvalue weighted by molar-refractivity contribution is 5.94. The molecule has 1 amide bonds. The van der Waals surface area contributed by atoms with E-state index in [0.29, 0.717) is 11.0 Å². The Morgan fingerprint density at radius 2 is 2.22 bits per heavy atom. The van der Waals surface area contributed by atoms with E-state index in [1.807, 2.05) is 19.2 Å². The van der Waals surface area contributed by atoms with Gasteiger partial charge < -0.3 is 10.6 Å². The van der Waals surface area contributed by atoms with Crippen LogP contribution in [0, 0.1) is 11.3 Å². The SMILES string of the molecule is CNc1ccc(C(=O)NCC2(C3CC3)CC2)cn1. The van der Waals surface area contributed by atoms with Gasteiger partial charge in [0.15, 0.2) is 0 Å². The van der Waals surface area contributed by atoms with Crippen molar-refractivity contribution in [2.75, 3.05) is 18.9 Å². The minimum absolute atomic E-state index is 0.00271. The van der Waals surface area contributed by atoms with Crippen LogP contribution >= 0.6 is 0 Å². The van der Waals surface area contributed by atoms with E-state index < -0.39 is 0 Å². The average Bonchev–Trinajstić information content (AvgIpc) is 3.28. The van der Waals surface area contributed by atoms with E-state index in [0.717, 1.165) is 18.3 Å². The van der Waals surface area contributed by atoms with Gasteiger partial charge in [-0.3, -0.25) is 4.79 Å². The molecule has 0 radical (unpaired) electrons. The van der Waals surface area contributed by atoms with Crippen molar-refractivity contribution in [3.8, 4) is 0 Å². The van der Waals surface area contributed by atoms with E-state index in [4.69, 9.17) is 0 Å². The molecule has 96 valence electrons. The third-order valence-electron chi connectivity index (χ3n) is 4.22. The van der Waals surface area contributed by atoms with Crippen LogP contribution < -0.4 is 10.6 Å². The van der Waals surface area contributed by atoms with Crippen LogP contribution in [0.5, 0.6) is 0 Å². The maximum Gasteiger partial charge on any atom is 0.252 e. The molecule has 4 nitrogen and oxygen atoms in total. The Kier molecular flexibility index (Phi) is 2.73. The van der Waals surface area contributed by atoms with Crippen molar-refractivity contribution in [2.45, 2.75) is 25.7 Å². The Balaban J connectivity index is 1.57. The first kappa shape index (κ1) is 11.5. The quantitative estimate of drug-likeness (QED) is 0.834. The van der Waals surface area contributed by atoms with Crippen LogP contribution in [0.2, 0.25) is 0 Å². The zero-order valence-corrected chi connectivity index (χ0v) is 10.7. The van der Waals surface area contributed by atoms with Crippen LogP contribution in [-0.2, 0) is 0 Å². The third kappa shape index (κ3) is 2.19. The summed E-state index contributed by atoms with van der Waals surface area (Å²) in [6, 6.07) is 3.63. The Bertz CT molecular complexity index is 447. The maximum absolute atomic E-state index is 12.0. The molecular formula is C14H19N3O. The van der Waals surface area contributed by atoms with E-state index in [1.54, 1.807) is 6.20 Å². The number of hydrogen-bond donors (Lipinski definition) is 2. The number of hydrogen-bond acceptors (Lipinski definition) is 3. The lowest BCUT2D eigenvalue weighted by molar-refractivity contribution is 0.0942. The number of nitrogens with one attached hydrogen (secondary N) is 2. The first-order valence-corrected chi connectivity index (χ1v) is 6.65. The fourth-order valence-electron chi connectivity index (χ4n) is 2.62. The highest BCUT2D eigenvalue weighted by Gasteiger charge is 2.53. The van der Waals surface area contributed by atoms with Crippen LogP contribution in [0.15, 0.2) is 18.3 Å². The summed E-state index contributed by atoms with van der Waals surface area (Å²) < 4.78 is 0. The van der Waals surface area contributed by atoms with Crippen LogP contribution in [0.4, 0.5) is 5.82 Å². The van der Waals surface area contributed by atoms with E-state index in [2.05, 4.69) is 15.6 Å². The van der Waals surface area contributed by atoms with Crippen molar-refractivity contribution in [1.82, 2.24) is 10.3 Å². The molecule has 2 fully saturated rings. The van der Waals surface area contributed by atoms with Gasteiger partial charge in [0.25, 0.3) is 5.91 Å². The molecule has 4 heteroatoms. The van der Waals surface area contributed by atoms with Gasteiger partial charge in [-0.2, -0.15) is 0 Å². The lowest BCUT2D eigenvalue weighted by Crippen LogP contribution is -2.31. The molecule has 0 unspecified atom stereocenters. The Labute approximate surface area is 107 Å². The summed E-state index contributed by atoms with van der Waals surface area (Å²) in [4.78, 5) is 16.1. The number of carbonyl (C=O) groups is 1. The van der Waals surface area contributed by atoms with Gasteiger partial charge in [-0.1, -0.05) is 0 Å². The molecule has 2 aliphatic rings. The molecule has 0 bridgehead atoms. The van der Waals surface area contributed by atoms with Crippen molar-refractivity contribution >= 4 is 11.7 Å². The van der Waals surface area contributed by atoms with E-state index in [-0.39, 0.29) is 5.91 Å². The fraction of sp³-hybridized carbons (Fsp3) is 0.571. The number of carbonyl (C=O) groups excluding carboxylic acids is 1. The van der Waals surface area contributed by atoms with Crippen LogP contribution in [0.25, 0.3) is 0 Å². The molecule has 0 aromatic carbocycles. The number of anilines is 1. The highest BCUT2D eigenvalue weighted by Crippen LogP contribution is 2.60. The lowest BCUT2D eigenvalue weighted by Gasteiger charge is -2.14. The minimum Gasteiger partial charge on any atom is -0.373 e. The summed E-state index contributed by atoms with van der Waals surface area (Å²) in [5.74, 6) is 1.66. The number of amides is 1. The molecule has 1 aromatic rings. The molecule has 3 rings (SSSR count). The first-order chi connectivity index (χ1) is 8.73. The van der Waals surface area contributed by atoms with Crippen molar-refractivity contribution in [3.63, 3.8) is 0 Å². The van der Waals surface area contributed by atoms with Gasteiger partial charge in [-0.25, -0.2) is 4.98 Å². The van der Waals surface area contributed by atoms with E-state index in [9.17, 15) is 4.79 Å². The number of aromatic nitrogens is 1. The monoisotopic (exact) mass is 245 g/mol. The second kappa shape index (κ2) is 4.26. The Morgan fingerprint density at radius 3 is 2.72 bits per heavy atom. The molecule has 1 aromatic heterocycles. The highest BCUT2D eigenvalue weighted by atomic mass is 16.1. The fourth-order valence-corrected chi connectivity index (χ4v) is 2.62. The summed E-state index contributed by atoms with van der Waals surface area (Å²) in [5, 5.41) is 6.00. The molecule has 1 heterocycles. The molecule has 0 saturated heterocycles. The summed E-state index contributed by atoms with van der Waals surface area (Å²) in [7, 11) is 1.81. The number of pyridine rings is 1. The molecule has 2 aliphatic carbocycles. The molecule has 18 heavy (non-hydrogen) atoms. The second-order valence-corrected chi connectivity index (χ2v) is 5.50. The van der Waals surface area contributed by atoms with Crippen molar-refractivity contribution in [1.29, 1.82) is 0 Å². The van der Waals surface area contributed by atoms with Gasteiger partial charge >= 0.3 is 0 Å².